The third kappa shape index (κ3) is 3.50. The van der Waals surface area contributed by atoms with E-state index in [1.165, 1.54) is 37.2 Å². The van der Waals surface area contributed by atoms with E-state index >= 15 is 0 Å². The Labute approximate surface area is 122 Å². The van der Waals surface area contributed by atoms with E-state index in [9.17, 15) is 0 Å². The van der Waals surface area contributed by atoms with Gasteiger partial charge in [0.15, 0.2) is 6.67 Å². The molecule has 4 heteroatoms. The zero-order valence-electron chi connectivity index (χ0n) is 13.3. The molecule has 0 fully saturated rings. The normalized spacial score (nSPS) is 11.2. The van der Waals surface area contributed by atoms with Gasteiger partial charge in [-0.3, -0.25) is 0 Å². The predicted octanol–water partition coefficient (Wildman–Crippen LogP) is 2.98. The summed E-state index contributed by atoms with van der Waals surface area (Å²) in [6.45, 7) is 10.5. The molecule has 20 heavy (non-hydrogen) atoms. The Morgan fingerprint density at radius 1 is 1.15 bits per heavy atom. The Hall–Kier alpha value is -1.58. The number of imidazole rings is 1. The van der Waals surface area contributed by atoms with E-state index in [1.54, 1.807) is 0 Å². The Morgan fingerprint density at radius 3 is 2.60 bits per heavy atom. The molecule has 0 amide bonds. The maximum absolute atomic E-state index is 4.53. The molecule has 0 aliphatic rings. The summed E-state index contributed by atoms with van der Waals surface area (Å²) in [5.41, 5.74) is 2.30. The first-order valence-corrected chi connectivity index (χ1v) is 7.68. The van der Waals surface area contributed by atoms with Gasteiger partial charge in [-0.1, -0.05) is 19.8 Å². The van der Waals surface area contributed by atoms with Crippen LogP contribution in [0.4, 0.5) is 0 Å². The van der Waals surface area contributed by atoms with Gasteiger partial charge in [0.25, 0.3) is 5.82 Å². The molecule has 0 saturated heterocycles. The van der Waals surface area contributed by atoms with Crippen LogP contribution in [0, 0.1) is 20.8 Å². The minimum Gasteiger partial charge on any atom is -0.234 e. The average molecular weight is 275 g/mol. The van der Waals surface area contributed by atoms with Crippen LogP contribution in [0.3, 0.4) is 0 Å². The number of hydrogen-bond acceptors (Lipinski definition) is 1. The van der Waals surface area contributed by atoms with Gasteiger partial charge in [0.1, 0.15) is 12.4 Å². The molecule has 0 radical (unpaired) electrons. The largest absolute Gasteiger partial charge is 0.254 e. The molecule has 0 N–H and O–H groups in total. The van der Waals surface area contributed by atoms with Gasteiger partial charge in [-0.15, -0.1) is 0 Å². The summed E-state index contributed by atoms with van der Waals surface area (Å²) in [6.07, 6.45) is 9.57. The van der Waals surface area contributed by atoms with Crippen molar-refractivity contribution in [3.8, 4) is 0 Å². The number of hydrogen-bond donors (Lipinski definition) is 0. The van der Waals surface area contributed by atoms with Gasteiger partial charge in [-0.2, -0.15) is 5.10 Å². The Morgan fingerprint density at radius 2 is 1.95 bits per heavy atom. The number of rotatable bonds is 7. The summed E-state index contributed by atoms with van der Waals surface area (Å²) >= 11 is 0. The summed E-state index contributed by atoms with van der Waals surface area (Å²) in [6, 6.07) is 2.12. The average Bonchev–Trinajstić information content (AvgIpc) is 2.91. The van der Waals surface area contributed by atoms with Crippen LogP contribution >= 0.6 is 0 Å². The second-order valence-electron chi connectivity index (χ2n) is 5.64. The summed E-state index contributed by atoms with van der Waals surface area (Å²) in [4.78, 5) is 0. The lowest BCUT2D eigenvalue weighted by atomic mass is 10.2. The van der Waals surface area contributed by atoms with Crippen LogP contribution in [0.2, 0.25) is 0 Å². The Bertz CT molecular complexity index is 551. The van der Waals surface area contributed by atoms with Crippen molar-refractivity contribution in [2.45, 2.75) is 66.6 Å². The van der Waals surface area contributed by atoms with Crippen molar-refractivity contribution in [3.05, 3.63) is 35.7 Å². The van der Waals surface area contributed by atoms with Crippen molar-refractivity contribution in [2.75, 3.05) is 0 Å². The lowest BCUT2D eigenvalue weighted by Gasteiger charge is -2.03. The molecule has 0 spiro atoms. The maximum Gasteiger partial charge on any atom is 0.254 e. The highest BCUT2D eigenvalue weighted by Crippen LogP contribution is 2.04. The zero-order chi connectivity index (χ0) is 14.5. The first-order chi connectivity index (χ1) is 9.61. The van der Waals surface area contributed by atoms with Crippen LogP contribution in [0.25, 0.3) is 0 Å². The second kappa shape index (κ2) is 6.73. The molecule has 2 aromatic rings. The van der Waals surface area contributed by atoms with E-state index in [1.807, 2.05) is 6.92 Å². The molecule has 4 nitrogen and oxygen atoms in total. The minimum atomic E-state index is 0.799. The van der Waals surface area contributed by atoms with E-state index < -0.39 is 0 Å². The first-order valence-electron chi connectivity index (χ1n) is 7.68. The van der Waals surface area contributed by atoms with Crippen molar-refractivity contribution in [1.29, 1.82) is 0 Å². The topological polar surface area (TPSA) is 26.6 Å². The van der Waals surface area contributed by atoms with Crippen molar-refractivity contribution in [1.82, 2.24) is 14.3 Å². The summed E-state index contributed by atoms with van der Waals surface area (Å²) in [5.74, 6) is 1.30. The van der Waals surface area contributed by atoms with Crippen molar-refractivity contribution in [2.24, 2.45) is 0 Å². The lowest BCUT2D eigenvalue weighted by molar-refractivity contribution is -0.708. The Balaban J connectivity index is 1.99. The highest BCUT2D eigenvalue weighted by Gasteiger charge is 2.13. The summed E-state index contributed by atoms with van der Waals surface area (Å²) in [5, 5.41) is 4.53. The molecule has 2 aromatic heterocycles. The van der Waals surface area contributed by atoms with Crippen LogP contribution < -0.4 is 4.57 Å². The fourth-order valence-corrected chi connectivity index (χ4v) is 2.60. The summed E-state index contributed by atoms with van der Waals surface area (Å²) < 4.78 is 6.67. The molecule has 0 atom stereocenters. The van der Waals surface area contributed by atoms with E-state index in [0.717, 1.165) is 18.9 Å². The van der Waals surface area contributed by atoms with Gasteiger partial charge in [0, 0.05) is 12.6 Å². The fraction of sp³-hybridized carbons (Fsp3) is 0.625. The van der Waals surface area contributed by atoms with Gasteiger partial charge in [0.2, 0.25) is 0 Å². The maximum atomic E-state index is 4.53. The van der Waals surface area contributed by atoms with E-state index in [2.05, 4.69) is 58.1 Å². The van der Waals surface area contributed by atoms with Crippen LogP contribution in [-0.4, -0.2) is 14.3 Å². The monoisotopic (exact) mass is 275 g/mol. The van der Waals surface area contributed by atoms with Gasteiger partial charge >= 0.3 is 0 Å². The number of aromatic nitrogens is 4. The van der Waals surface area contributed by atoms with Gasteiger partial charge in [-0.05, 0) is 32.8 Å². The molecule has 2 rings (SSSR count). The molecule has 0 aromatic carbocycles. The standard InChI is InChI=1S/C16H27N4/c1-5-6-7-8-9-18-10-11-19(16(18)4)13-20-15(3)12-14(2)17-20/h10-12H,5-9,13H2,1-4H3/q+1. The number of unbranched alkanes of at least 4 members (excludes halogenated alkanes) is 3. The van der Waals surface area contributed by atoms with Crippen LogP contribution in [0.1, 0.15) is 49.8 Å². The van der Waals surface area contributed by atoms with Crippen molar-refractivity contribution < 1.29 is 4.57 Å². The molecule has 0 saturated carbocycles. The van der Waals surface area contributed by atoms with Gasteiger partial charge in [0.05, 0.1) is 12.2 Å². The first kappa shape index (κ1) is 14.8. The van der Waals surface area contributed by atoms with Gasteiger partial charge < -0.3 is 0 Å². The molecule has 0 aliphatic carbocycles. The van der Waals surface area contributed by atoms with Crippen molar-refractivity contribution in [3.63, 3.8) is 0 Å². The van der Waals surface area contributed by atoms with Crippen LogP contribution in [-0.2, 0) is 13.2 Å². The third-order valence-electron chi connectivity index (χ3n) is 3.90. The third-order valence-corrected chi connectivity index (χ3v) is 3.90. The van der Waals surface area contributed by atoms with E-state index in [4.69, 9.17) is 0 Å². The highest BCUT2D eigenvalue weighted by atomic mass is 15.4. The quantitative estimate of drug-likeness (QED) is 0.563. The molecule has 0 bridgehead atoms. The minimum absolute atomic E-state index is 0.799. The lowest BCUT2D eigenvalue weighted by Crippen LogP contribution is -2.39. The molecule has 0 aliphatic heterocycles. The SMILES string of the molecule is CCCCCCn1cc[n+](Cn2nc(C)cc2C)c1C. The summed E-state index contributed by atoms with van der Waals surface area (Å²) in [7, 11) is 0. The van der Waals surface area contributed by atoms with Crippen LogP contribution in [0.5, 0.6) is 0 Å². The van der Waals surface area contributed by atoms with E-state index in [-0.39, 0.29) is 0 Å². The Kier molecular flexibility index (Phi) is 4.99. The van der Waals surface area contributed by atoms with Gasteiger partial charge in [-0.25, -0.2) is 13.8 Å². The van der Waals surface area contributed by atoms with Crippen molar-refractivity contribution >= 4 is 0 Å². The number of aryl methyl sites for hydroxylation is 3. The smallest absolute Gasteiger partial charge is 0.234 e. The van der Waals surface area contributed by atoms with Crippen LogP contribution in [0.15, 0.2) is 18.5 Å². The second-order valence-corrected chi connectivity index (χ2v) is 5.64. The molecule has 2 heterocycles. The molecular weight excluding hydrogens is 248 g/mol. The van der Waals surface area contributed by atoms with E-state index in [0.29, 0.717) is 0 Å². The molecule has 110 valence electrons. The fourth-order valence-electron chi connectivity index (χ4n) is 2.60. The highest BCUT2D eigenvalue weighted by molar-refractivity contribution is 5.06. The molecular formula is C16H27N4+. The zero-order valence-corrected chi connectivity index (χ0v) is 13.3. The predicted molar refractivity (Wildman–Crippen MR) is 80.6 cm³/mol. The number of nitrogens with zero attached hydrogens (tertiary/aromatic N) is 4. The molecule has 0 unspecified atom stereocenters.